The zero-order valence-electron chi connectivity index (χ0n) is 10.0. The first kappa shape index (κ1) is 12.0. The Balaban J connectivity index is 1.98. The molecule has 0 spiro atoms. The van der Waals surface area contributed by atoms with Gasteiger partial charge < -0.3 is 14.8 Å². The molecule has 1 aromatic rings. The molecule has 17 heavy (non-hydrogen) atoms. The van der Waals surface area contributed by atoms with Crippen LogP contribution in [0, 0.1) is 5.92 Å². The van der Waals surface area contributed by atoms with Gasteiger partial charge in [-0.3, -0.25) is 4.79 Å². The molecule has 1 aliphatic heterocycles. The van der Waals surface area contributed by atoms with Gasteiger partial charge in [0.25, 0.3) is 0 Å². The lowest BCUT2D eigenvalue weighted by Crippen LogP contribution is -2.36. The number of nitrogens with zero attached hydrogens (tertiary/aromatic N) is 2. The zero-order valence-corrected chi connectivity index (χ0v) is 10.0. The molecule has 0 saturated carbocycles. The molecular formula is C11H17N3O3. The van der Waals surface area contributed by atoms with Crippen molar-refractivity contribution in [2.45, 2.75) is 38.6 Å². The number of hydrogen-bond acceptors (Lipinski definition) is 5. The predicted octanol–water partition coefficient (Wildman–Crippen LogP) is 1.32. The molecule has 0 bridgehead atoms. The van der Waals surface area contributed by atoms with Crippen LogP contribution < -0.4 is 5.32 Å². The lowest BCUT2D eigenvalue weighted by atomic mass is 9.95. The van der Waals surface area contributed by atoms with E-state index in [1.807, 2.05) is 13.8 Å². The molecule has 6 heteroatoms. The fraction of sp³-hybridized carbons (Fsp3) is 0.727. The Kier molecular flexibility index (Phi) is 3.42. The van der Waals surface area contributed by atoms with Crippen LogP contribution >= 0.6 is 0 Å². The summed E-state index contributed by atoms with van der Waals surface area (Å²) >= 11 is 0. The van der Waals surface area contributed by atoms with Crippen LogP contribution in [0.2, 0.25) is 0 Å². The van der Waals surface area contributed by atoms with Crippen molar-refractivity contribution >= 4 is 5.97 Å². The molecule has 1 saturated heterocycles. The molecule has 1 fully saturated rings. The van der Waals surface area contributed by atoms with Crippen LogP contribution in [0.25, 0.3) is 0 Å². The first-order chi connectivity index (χ1) is 8.08. The van der Waals surface area contributed by atoms with Crippen molar-refractivity contribution in [1.29, 1.82) is 0 Å². The molecule has 2 atom stereocenters. The summed E-state index contributed by atoms with van der Waals surface area (Å²) in [4.78, 5) is 10.8. The van der Waals surface area contributed by atoms with Crippen molar-refractivity contribution in [1.82, 2.24) is 15.5 Å². The van der Waals surface area contributed by atoms with Crippen LogP contribution in [0.5, 0.6) is 0 Å². The van der Waals surface area contributed by atoms with E-state index in [0.29, 0.717) is 24.7 Å². The molecular weight excluding hydrogens is 222 g/mol. The predicted molar refractivity (Wildman–Crippen MR) is 59.5 cm³/mol. The third kappa shape index (κ3) is 2.63. The topological polar surface area (TPSA) is 88.2 Å². The summed E-state index contributed by atoms with van der Waals surface area (Å²) in [6.45, 7) is 4.44. The van der Waals surface area contributed by atoms with Gasteiger partial charge in [0.1, 0.15) is 0 Å². The number of carboxylic acids is 1. The second kappa shape index (κ2) is 4.83. The second-order valence-corrected chi connectivity index (χ2v) is 4.71. The molecule has 2 rings (SSSR count). The van der Waals surface area contributed by atoms with Crippen molar-refractivity contribution in [3.8, 4) is 0 Å². The van der Waals surface area contributed by atoms with E-state index in [-0.39, 0.29) is 17.9 Å². The Morgan fingerprint density at radius 2 is 2.24 bits per heavy atom. The summed E-state index contributed by atoms with van der Waals surface area (Å²) < 4.78 is 5.55. The lowest BCUT2D eigenvalue weighted by Gasteiger charge is -2.25. The van der Waals surface area contributed by atoms with E-state index in [9.17, 15) is 4.79 Å². The van der Waals surface area contributed by atoms with E-state index >= 15 is 0 Å². The standard InChI is InChI=1S/C11H17N3O3/c1-6(2)9-13-14-10(17-9)8-4-3-7(5-12-8)11(15)16/h6-8,12H,3-5H2,1-2H3,(H,15,16). The number of nitrogens with one attached hydrogen (secondary N) is 1. The summed E-state index contributed by atoms with van der Waals surface area (Å²) in [5.41, 5.74) is 0. The number of carbonyl (C=O) groups is 1. The monoisotopic (exact) mass is 239 g/mol. The van der Waals surface area contributed by atoms with Crippen LogP contribution in [-0.2, 0) is 4.79 Å². The first-order valence-corrected chi connectivity index (χ1v) is 5.87. The Hall–Kier alpha value is -1.43. The van der Waals surface area contributed by atoms with Crippen LogP contribution in [0.4, 0.5) is 0 Å². The van der Waals surface area contributed by atoms with Gasteiger partial charge in [-0.1, -0.05) is 13.8 Å². The van der Waals surface area contributed by atoms with Crippen LogP contribution in [-0.4, -0.2) is 27.8 Å². The molecule has 0 amide bonds. The van der Waals surface area contributed by atoms with E-state index in [1.54, 1.807) is 0 Å². The molecule has 0 radical (unpaired) electrons. The first-order valence-electron chi connectivity index (χ1n) is 5.87. The average Bonchev–Trinajstić information content (AvgIpc) is 2.78. The lowest BCUT2D eigenvalue weighted by molar-refractivity contribution is -0.142. The summed E-state index contributed by atoms with van der Waals surface area (Å²) in [6, 6.07) is -0.00870. The fourth-order valence-corrected chi connectivity index (χ4v) is 1.90. The normalized spacial score (nSPS) is 25.1. The van der Waals surface area contributed by atoms with E-state index in [2.05, 4.69) is 15.5 Å². The summed E-state index contributed by atoms with van der Waals surface area (Å²) in [7, 11) is 0. The summed E-state index contributed by atoms with van der Waals surface area (Å²) in [6.07, 6.45) is 1.36. The molecule has 1 aromatic heterocycles. The summed E-state index contributed by atoms with van der Waals surface area (Å²) in [5, 5.41) is 20.0. The minimum atomic E-state index is -0.746. The Labute approximate surface area is 99.4 Å². The van der Waals surface area contributed by atoms with Gasteiger partial charge in [0.15, 0.2) is 0 Å². The van der Waals surface area contributed by atoms with Gasteiger partial charge in [0.2, 0.25) is 11.8 Å². The van der Waals surface area contributed by atoms with E-state index < -0.39 is 5.97 Å². The van der Waals surface area contributed by atoms with Crippen LogP contribution in [0.15, 0.2) is 4.42 Å². The van der Waals surface area contributed by atoms with Gasteiger partial charge in [0.05, 0.1) is 12.0 Å². The smallest absolute Gasteiger partial charge is 0.307 e. The maximum Gasteiger partial charge on any atom is 0.307 e. The maximum atomic E-state index is 10.8. The number of rotatable bonds is 3. The highest BCUT2D eigenvalue weighted by Crippen LogP contribution is 2.26. The van der Waals surface area contributed by atoms with Gasteiger partial charge in [-0.15, -0.1) is 10.2 Å². The third-order valence-corrected chi connectivity index (χ3v) is 3.01. The average molecular weight is 239 g/mol. The molecule has 1 aliphatic rings. The molecule has 94 valence electrons. The van der Waals surface area contributed by atoms with Gasteiger partial charge in [-0.2, -0.15) is 0 Å². The van der Waals surface area contributed by atoms with E-state index in [1.165, 1.54) is 0 Å². The SMILES string of the molecule is CC(C)c1nnc(C2CCC(C(=O)O)CN2)o1. The number of carboxylic acid groups (broad SMARTS) is 1. The largest absolute Gasteiger partial charge is 0.481 e. The molecule has 2 unspecified atom stereocenters. The molecule has 6 nitrogen and oxygen atoms in total. The number of aromatic nitrogens is 2. The Morgan fingerprint density at radius 1 is 1.47 bits per heavy atom. The Bertz CT molecular complexity index is 394. The molecule has 2 heterocycles. The second-order valence-electron chi connectivity index (χ2n) is 4.71. The van der Waals surface area contributed by atoms with E-state index in [0.717, 1.165) is 6.42 Å². The van der Waals surface area contributed by atoms with Crippen molar-refractivity contribution in [2.24, 2.45) is 5.92 Å². The minimum absolute atomic E-state index is 0.00870. The fourth-order valence-electron chi connectivity index (χ4n) is 1.90. The highest BCUT2D eigenvalue weighted by Gasteiger charge is 2.29. The third-order valence-electron chi connectivity index (χ3n) is 3.01. The highest BCUT2D eigenvalue weighted by molar-refractivity contribution is 5.70. The maximum absolute atomic E-state index is 10.8. The quantitative estimate of drug-likeness (QED) is 0.827. The zero-order chi connectivity index (χ0) is 12.4. The number of aliphatic carboxylic acids is 1. The van der Waals surface area contributed by atoms with Crippen molar-refractivity contribution in [3.63, 3.8) is 0 Å². The summed E-state index contributed by atoms with van der Waals surface area (Å²) in [5.74, 6) is 0.356. The van der Waals surface area contributed by atoms with Crippen molar-refractivity contribution in [3.05, 3.63) is 11.8 Å². The van der Waals surface area contributed by atoms with Gasteiger partial charge >= 0.3 is 5.97 Å². The van der Waals surface area contributed by atoms with Gasteiger partial charge in [0, 0.05) is 12.5 Å². The van der Waals surface area contributed by atoms with E-state index in [4.69, 9.17) is 9.52 Å². The minimum Gasteiger partial charge on any atom is -0.481 e. The Morgan fingerprint density at radius 3 is 2.71 bits per heavy atom. The van der Waals surface area contributed by atoms with Crippen LogP contribution in [0.3, 0.4) is 0 Å². The van der Waals surface area contributed by atoms with Crippen molar-refractivity contribution < 1.29 is 14.3 Å². The van der Waals surface area contributed by atoms with Crippen LogP contribution in [0.1, 0.15) is 50.4 Å². The van der Waals surface area contributed by atoms with Gasteiger partial charge in [-0.25, -0.2) is 0 Å². The number of piperidine rings is 1. The molecule has 2 N–H and O–H groups in total. The molecule has 0 aliphatic carbocycles. The van der Waals surface area contributed by atoms with Crippen molar-refractivity contribution in [2.75, 3.05) is 6.54 Å². The number of hydrogen-bond donors (Lipinski definition) is 2. The van der Waals surface area contributed by atoms with Gasteiger partial charge in [-0.05, 0) is 12.8 Å². The highest BCUT2D eigenvalue weighted by atomic mass is 16.4. The molecule has 0 aromatic carbocycles.